The van der Waals surface area contributed by atoms with Gasteiger partial charge in [-0.15, -0.1) is 0 Å². The van der Waals surface area contributed by atoms with Crippen LogP contribution in [0.25, 0.3) is 33.2 Å². The molecule has 3 aromatic heterocycles. The van der Waals surface area contributed by atoms with Crippen LogP contribution >= 0.6 is 0 Å². The molecule has 3 aliphatic rings. The van der Waals surface area contributed by atoms with Crippen LogP contribution in [0.1, 0.15) is 30.0 Å². The number of aromatic nitrogens is 3. The van der Waals surface area contributed by atoms with Gasteiger partial charge in [0.15, 0.2) is 5.60 Å². The van der Waals surface area contributed by atoms with E-state index in [1.807, 2.05) is 12.1 Å². The number of rotatable bonds is 2. The van der Waals surface area contributed by atoms with Crippen LogP contribution in [0, 0.1) is 0 Å². The largest absolute Gasteiger partial charge is 0.458 e. The van der Waals surface area contributed by atoms with Crippen molar-refractivity contribution in [1.29, 1.82) is 0 Å². The lowest BCUT2D eigenvalue weighted by molar-refractivity contribution is -0.172. The molecule has 37 heavy (non-hydrogen) atoms. The average molecular weight is 501 g/mol. The van der Waals surface area contributed by atoms with Gasteiger partial charge in [-0.05, 0) is 30.7 Å². The van der Waals surface area contributed by atoms with E-state index in [2.05, 4.69) is 9.88 Å². The number of pyridine rings is 3. The summed E-state index contributed by atoms with van der Waals surface area (Å²) in [7, 11) is 0. The van der Waals surface area contributed by atoms with Crippen LogP contribution in [0.4, 0.5) is 5.69 Å². The number of hydrogen-bond acceptors (Lipinski definition) is 8. The first kappa shape index (κ1) is 22.2. The van der Waals surface area contributed by atoms with Crippen molar-refractivity contribution in [3.05, 3.63) is 67.7 Å². The fraction of sp³-hybridized carbons (Fsp3) is 0.333. The predicted octanol–water partition coefficient (Wildman–Crippen LogP) is 1.76. The number of ether oxygens (including phenoxy) is 2. The summed E-state index contributed by atoms with van der Waals surface area (Å²) in [5.41, 5.74) is 2.72. The maximum atomic E-state index is 13.7. The lowest BCUT2D eigenvalue weighted by Gasteiger charge is -2.31. The number of fused-ring (bicyclic) bond motifs is 6. The third-order valence-electron chi connectivity index (χ3n) is 7.83. The summed E-state index contributed by atoms with van der Waals surface area (Å²) >= 11 is 0. The minimum Gasteiger partial charge on any atom is -0.458 e. The molecule has 2 N–H and O–H groups in total. The summed E-state index contributed by atoms with van der Waals surface area (Å²) in [6.07, 6.45) is 0.0863. The summed E-state index contributed by atoms with van der Waals surface area (Å²) in [4.78, 5) is 48.3. The molecule has 10 heteroatoms. The van der Waals surface area contributed by atoms with Gasteiger partial charge in [-0.3, -0.25) is 9.59 Å². The molecule has 0 aliphatic carbocycles. The van der Waals surface area contributed by atoms with Gasteiger partial charge in [0.05, 0.1) is 47.9 Å². The van der Waals surface area contributed by atoms with E-state index < -0.39 is 11.6 Å². The summed E-state index contributed by atoms with van der Waals surface area (Å²) in [5, 5.41) is 12.9. The SMILES string of the molecule is CC[C@@]1(O)C(=O)OCc2c1cc1n(c2=O)Cc2c-1nc1cc3ccc(=O)[nH]c3cc1c2N1CCOCC1. The van der Waals surface area contributed by atoms with Crippen molar-refractivity contribution in [2.75, 3.05) is 31.2 Å². The predicted molar refractivity (Wildman–Crippen MR) is 136 cm³/mol. The summed E-state index contributed by atoms with van der Waals surface area (Å²) in [6.45, 7) is 4.32. The Balaban J connectivity index is 1.54. The first-order valence-electron chi connectivity index (χ1n) is 12.4. The van der Waals surface area contributed by atoms with Crippen LogP contribution in [0.15, 0.2) is 39.9 Å². The number of morpholine rings is 1. The number of carbonyl (C=O) groups is 1. The zero-order chi connectivity index (χ0) is 25.5. The fourth-order valence-corrected chi connectivity index (χ4v) is 5.86. The van der Waals surface area contributed by atoms with E-state index in [1.165, 1.54) is 6.07 Å². The molecule has 3 aliphatic heterocycles. The van der Waals surface area contributed by atoms with Gasteiger partial charge in [0.2, 0.25) is 5.56 Å². The molecule has 1 fully saturated rings. The van der Waals surface area contributed by atoms with Gasteiger partial charge in [-0.2, -0.15) is 0 Å². The van der Waals surface area contributed by atoms with E-state index in [0.29, 0.717) is 60.9 Å². The lowest BCUT2D eigenvalue weighted by atomic mass is 9.86. The van der Waals surface area contributed by atoms with Crippen LogP contribution in [0.5, 0.6) is 0 Å². The fourth-order valence-electron chi connectivity index (χ4n) is 5.86. The number of nitrogens with one attached hydrogen (secondary N) is 1. The van der Waals surface area contributed by atoms with E-state index in [9.17, 15) is 19.5 Å². The molecule has 0 saturated carbocycles. The highest BCUT2D eigenvalue weighted by Gasteiger charge is 2.45. The Bertz CT molecular complexity index is 1770. The number of cyclic esters (lactones) is 1. The highest BCUT2D eigenvalue weighted by atomic mass is 16.6. The molecule has 6 heterocycles. The van der Waals surface area contributed by atoms with Gasteiger partial charge in [-0.1, -0.05) is 6.92 Å². The Morgan fingerprint density at radius 2 is 1.92 bits per heavy atom. The van der Waals surface area contributed by atoms with Gasteiger partial charge < -0.3 is 29.0 Å². The third kappa shape index (κ3) is 3.06. The third-order valence-corrected chi connectivity index (χ3v) is 7.83. The van der Waals surface area contributed by atoms with E-state index in [1.54, 1.807) is 23.6 Å². The van der Waals surface area contributed by atoms with Crippen molar-refractivity contribution in [3.8, 4) is 11.4 Å². The first-order chi connectivity index (χ1) is 17.9. The van der Waals surface area contributed by atoms with E-state index in [0.717, 1.165) is 27.5 Å². The van der Waals surface area contributed by atoms with Crippen LogP contribution < -0.4 is 16.0 Å². The maximum Gasteiger partial charge on any atom is 0.343 e. The van der Waals surface area contributed by atoms with Gasteiger partial charge in [0.25, 0.3) is 5.56 Å². The molecule has 188 valence electrons. The Morgan fingerprint density at radius 3 is 2.70 bits per heavy atom. The Kier molecular flexibility index (Phi) is 4.64. The first-order valence-corrected chi connectivity index (χ1v) is 12.4. The van der Waals surface area contributed by atoms with Gasteiger partial charge in [0, 0.05) is 46.6 Å². The number of hydrogen-bond donors (Lipinski definition) is 2. The Labute approximate surface area is 210 Å². The highest BCUT2D eigenvalue weighted by molar-refractivity contribution is 6.04. The Morgan fingerprint density at radius 1 is 1.11 bits per heavy atom. The minimum atomic E-state index is -1.88. The van der Waals surface area contributed by atoms with Crippen LogP contribution in [-0.2, 0) is 33.0 Å². The van der Waals surface area contributed by atoms with Crippen molar-refractivity contribution >= 4 is 33.5 Å². The topological polar surface area (TPSA) is 127 Å². The molecule has 1 aromatic carbocycles. The number of benzene rings is 1. The van der Waals surface area contributed by atoms with Crippen LogP contribution in [0.2, 0.25) is 0 Å². The highest BCUT2D eigenvalue weighted by Crippen LogP contribution is 2.43. The summed E-state index contributed by atoms with van der Waals surface area (Å²) < 4.78 is 12.4. The molecule has 0 unspecified atom stereocenters. The van der Waals surface area contributed by atoms with E-state index in [4.69, 9.17) is 14.5 Å². The van der Waals surface area contributed by atoms with Crippen molar-refractivity contribution in [1.82, 2.24) is 14.5 Å². The standard InChI is InChI=1S/C27H24N4O6/c1-2-27(35)18-11-21-23-16(12-31(21)25(33)17(18)13-37-26(27)34)24(30-5-7-36-8-6-30)15-10-19-14(9-20(15)29-23)3-4-22(32)28-19/h3-4,9-11,35H,2,5-8,12-13H2,1H3,(H,28,32)/t27-/m0/s1. The smallest absolute Gasteiger partial charge is 0.343 e. The molecule has 0 spiro atoms. The van der Waals surface area contributed by atoms with E-state index >= 15 is 0 Å². The minimum absolute atomic E-state index is 0.0863. The maximum absolute atomic E-state index is 13.7. The second-order valence-corrected chi connectivity index (χ2v) is 9.77. The number of aromatic amines is 1. The molecule has 0 radical (unpaired) electrons. The molecule has 7 rings (SSSR count). The normalized spacial score (nSPS) is 20.6. The van der Waals surface area contributed by atoms with Gasteiger partial charge >= 0.3 is 5.97 Å². The van der Waals surface area contributed by atoms with Crippen molar-refractivity contribution in [2.45, 2.75) is 32.1 Å². The molecule has 1 atom stereocenters. The number of H-pyrrole nitrogens is 1. The van der Waals surface area contributed by atoms with E-state index in [-0.39, 0.29) is 24.1 Å². The van der Waals surface area contributed by atoms with Gasteiger partial charge in [-0.25, -0.2) is 9.78 Å². The number of esters is 1. The Hall–Kier alpha value is -4.02. The average Bonchev–Trinajstić information content (AvgIpc) is 3.27. The number of carbonyl (C=O) groups excluding carboxylic acids is 1. The quantitative estimate of drug-likeness (QED) is 0.277. The van der Waals surface area contributed by atoms with Crippen LogP contribution in [-0.4, -0.2) is 51.9 Å². The second-order valence-electron chi connectivity index (χ2n) is 9.77. The molecule has 4 aromatic rings. The zero-order valence-electron chi connectivity index (χ0n) is 20.2. The lowest BCUT2D eigenvalue weighted by Crippen LogP contribution is -2.44. The van der Waals surface area contributed by atoms with Crippen molar-refractivity contribution in [2.24, 2.45) is 0 Å². The van der Waals surface area contributed by atoms with Gasteiger partial charge in [0.1, 0.15) is 6.61 Å². The number of anilines is 1. The molecule has 0 bridgehead atoms. The second kappa shape index (κ2) is 7.74. The molecule has 1 saturated heterocycles. The van der Waals surface area contributed by atoms with Crippen molar-refractivity contribution in [3.63, 3.8) is 0 Å². The zero-order valence-corrected chi connectivity index (χ0v) is 20.2. The number of nitrogens with zero attached hydrogens (tertiary/aromatic N) is 3. The molecular formula is C27H24N4O6. The van der Waals surface area contributed by atoms with Crippen molar-refractivity contribution < 1.29 is 19.4 Å². The number of aliphatic hydroxyl groups is 1. The van der Waals surface area contributed by atoms with Crippen LogP contribution in [0.3, 0.4) is 0 Å². The summed E-state index contributed by atoms with van der Waals surface area (Å²) in [5.74, 6) is -0.744. The monoisotopic (exact) mass is 500 g/mol. The molecule has 10 nitrogen and oxygen atoms in total. The molecule has 0 amide bonds. The molecular weight excluding hydrogens is 476 g/mol. The summed E-state index contributed by atoms with van der Waals surface area (Å²) in [6, 6.07) is 8.86.